The minimum Gasteiger partial charge on any atom is -0.406 e. The molecule has 1 saturated heterocycles. The van der Waals surface area contributed by atoms with Crippen LogP contribution in [0.5, 0.6) is 5.75 Å². The number of amides is 1. The maximum Gasteiger partial charge on any atom is 0.573 e. The highest BCUT2D eigenvalue weighted by atomic mass is 79.9. The van der Waals surface area contributed by atoms with Gasteiger partial charge in [0.15, 0.2) is 0 Å². The highest BCUT2D eigenvalue weighted by Crippen LogP contribution is 2.28. The van der Waals surface area contributed by atoms with Gasteiger partial charge in [-0.15, -0.1) is 13.2 Å². The predicted octanol–water partition coefficient (Wildman–Crippen LogP) is 3.21. The maximum absolute atomic E-state index is 12.4. The van der Waals surface area contributed by atoms with Gasteiger partial charge in [0.05, 0.1) is 18.3 Å². The van der Waals surface area contributed by atoms with Crippen LogP contribution in [0.25, 0.3) is 0 Å². The zero-order valence-corrected chi connectivity index (χ0v) is 12.7. The van der Waals surface area contributed by atoms with Crippen LogP contribution < -0.4 is 4.74 Å². The second kappa shape index (κ2) is 6.23. The molecule has 1 aromatic carbocycles. The SMILES string of the molecule is C[C@H]1CN(C(=O)c2cc(OC(F)(F)F)ccc2Br)CCO1. The quantitative estimate of drug-likeness (QED) is 0.805. The van der Waals surface area contributed by atoms with Crippen molar-refractivity contribution in [2.75, 3.05) is 19.7 Å². The van der Waals surface area contributed by atoms with Gasteiger partial charge in [0.2, 0.25) is 0 Å². The molecule has 1 aliphatic rings. The van der Waals surface area contributed by atoms with Gasteiger partial charge in [0, 0.05) is 17.6 Å². The number of ether oxygens (including phenoxy) is 2. The number of hydrogen-bond acceptors (Lipinski definition) is 3. The van der Waals surface area contributed by atoms with E-state index < -0.39 is 12.1 Å². The second-order valence-electron chi connectivity index (χ2n) is 4.62. The van der Waals surface area contributed by atoms with E-state index in [1.807, 2.05) is 6.92 Å². The summed E-state index contributed by atoms with van der Waals surface area (Å²) in [5.41, 5.74) is 0.130. The van der Waals surface area contributed by atoms with E-state index in [-0.39, 0.29) is 17.6 Å². The minimum atomic E-state index is -4.79. The lowest BCUT2D eigenvalue weighted by molar-refractivity contribution is -0.274. The highest BCUT2D eigenvalue weighted by Gasteiger charge is 2.32. The van der Waals surface area contributed by atoms with E-state index in [1.165, 1.54) is 6.07 Å². The summed E-state index contributed by atoms with van der Waals surface area (Å²) < 4.78 is 46.3. The van der Waals surface area contributed by atoms with Crippen LogP contribution in [0.1, 0.15) is 17.3 Å². The number of hydrogen-bond donors (Lipinski definition) is 0. The van der Waals surface area contributed by atoms with Crippen molar-refractivity contribution in [3.63, 3.8) is 0 Å². The van der Waals surface area contributed by atoms with Gasteiger partial charge in [0.25, 0.3) is 5.91 Å². The fourth-order valence-corrected chi connectivity index (χ4v) is 2.45. The Labute approximate surface area is 127 Å². The summed E-state index contributed by atoms with van der Waals surface area (Å²) in [5, 5.41) is 0. The zero-order valence-electron chi connectivity index (χ0n) is 11.1. The maximum atomic E-state index is 12.4. The normalized spacial score (nSPS) is 19.5. The third-order valence-electron chi connectivity index (χ3n) is 2.93. The van der Waals surface area contributed by atoms with E-state index in [4.69, 9.17) is 4.74 Å². The van der Waals surface area contributed by atoms with Crippen molar-refractivity contribution in [3.05, 3.63) is 28.2 Å². The minimum absolute atomic E-state index is 0.101. The first-order chi connectivity index (χ1) is 9.76. The molecule has 1 heterocycles. The Bertz CT molecular complexity index is 536. The Hall–Kier alpha value is -1.28. The van der Waals surface area contributed by atoms with Crippen molar-refractivity contribution in [2.45, 2.75) is 19.4 Å². The standard InChI is InChI=1S/C13H13BrF3NO3/c1-8-7-18(4-5-20-8)12(19)10-6-9(2-3-11(10)14)21-13(15,16)17/h2-3,6,8H,4-5,7H2,1H3/t8-/m0/s1. The number of carbonyl (C=O) groups is 1. The molecule has 0 unspecified atom stereocenters. The van der Waals surface area contributed by atoms with Crippen molar-refractivity contribution in [3.8, 4) is 5.75 Å². The molecule has 1 atom stereocenters. The number of carbonyl (C=O) groups excluding carboxylic acids is 1. The molecule has 0 spiro atoms. The molecule has 1 aliphatic heterocycles. The summed E-state index contributed by atoms with van der Waals surface area (Å²) in [4.78, 5) is 13.9. The van der Waals surface area contributed by atoms with Crippen LogP contribution >= 0.6 is 15.9 Å². The smallest absolute Gasteiger partial charge is 0.406 e. The molecule has 4 nitrogen and oxygen atoms in total. The Kier molecular flexibility index (Phi) is 4.77. The van der Waals surface area contributed by atoms with Crippen molar-refractivity contribution in [1.82, 2.24) is 4.90 Å². The fourth-order valence-electron chi connectivity index (χ4n) is 2.04. The summed E-state index contributed by atoms with van der Waals surface area (Å²) in [6.07, 6.45) is -4.89. The Morgan fingerprint density at radius 3 is 2.81 bits per heavy atom. The molecule has 21 heavy (non-hydrogen) atoms. The third-order valence-corrected chi connectivity index (χ3v) is 3.62. The monoisotopic (exact) mass is 367 g/mol. The first-order valence-electron chi connectivity index (χ1n) is 6.22. The number of rotatable bonds is 2. The first-order valence-corrected chi connectivity index (χ1v) is 7.02. The van der Waals surface area contributed by atoms with Gasteiger partial charge in [-0.05, 0) is 41.1 Å². The molecule has 8 heteroatoms. The molecule has 1 fully saturated rings. The average Bonchev–Trinajstić information content (AvgIpc) is 2.38. The highest BCUT2D eigenvalue weighted by molar-refractivity contribution is 9.10. The van der Waals surface area contributed by atoms with Crippen LogP contribution in [-0.2, 0) is 4.74 Å². The van der Waals surface area contributed by atoms with Gasteiger partial charge in [-0.3, -0.25) is 4.79 Å². The topological polar surface area (TPSA) is 38.8 Å². The molecule has 0 bridgehead atoms. The van der Waals surface area contributed by atoms with Crippen molar-refractivity contribution in [2.24, 2.45) is 0 Å². The second-order valence-corrected chi connectivity index (χ2v) is 5.48. The average molecular weight is 368 g/mol. The van der Waals surface area contributed by atoms with E-state index in [9.17, 15) is 18.0 Å². The van der Waals surface area contributed by atoms with Crippen LogP contribution in [0.15, 0.2) is 22.7 Å². The fraction of sp³-hybridized carbons (Fsp3) is 0.462. The molecule has 0 aromatic heterocycles. The molecule has 1 amide bonds. The van der Waals surface area contributed by atoms with E-state index in [0.717, 1.165) is 12.1 Å². The molecule has 2 rings (SSSR count). The Morgan fingerprint density at radius 2 is 2.19 bits per heavy atom. The number of morpholine rings is 1. The molecular weight excluding hydrogens is 355 g/mol. The summed E-state index contributed by atoms with van der Waals surface area (Å²) in [7, 11) is 0. The molecule has 116 valence electrons. The van der Waals surface area contributed by atoms with Gasteiger partial charge < -0.3 is 14.4 Å². The van der Waals surface area contributed by atoms with Crippen molar-refractivity contribution in [1.29, 1.82) is 0 Å². The van der Waals surface area contributed by atoms with E-state index in [0.29, 0.717) is 24.2 Å². The van der Waals surface area contributed by atoms with Crippen LogP contribution in [0.4, 0.5) is 13.2 Å². The van der Waals surface area contributed by atoms with Crippen molar-refractivity contribution < 1.29 is 27.4 Å². The molecule has 1 aromatic rings. The van der Waals surface area contributed by atoms with Gasteiger partial charge in [0.1, 0.15) is 5.75 Å². The van der Waals surface area contributed by atoms with Crippen LogP contribution in [-0.4, -0.2) is 43.0 Å². The van der Waals surface area contributed by atoms with Gasteiger partial charge in [-0.2, -0.15) is 0 Å². The summed E-state index contributed by atoms with van der Waals surface area (Å²) in [6.45, 7) is 3.04. The molecule has 0 radical (unpaired) electrons. The van der Waals surface area contributed by atoms with E-state index in [1.54, 1.807) is 4.90 Å². The summed E-state index contributed by atoms with van der Waals surface area (Å²) >= 11 is 3.18. The lowest BCUT2D eigenvalue weighted by Crippen LogP contribution is -2.44. The number of alkyl halides is 3. The lowest BCUT2D eigenvalue weighted by atomic mass is 10.1. The summed E-state index contributed by atoms with van der Waals surface area (Å²) in [6, 6.07) is 3.59. The van der Waals surface area contributed by atoms with Crippen LogP contribution in [0.3, 0.4) is 0 Å². The first kappa shape index (κ1) is 16.1. The summed E-state index contributed by atoms with van der Waals surface area (Å²) in [5.74, 6) is -0.778. The predicted molar refractivity (Wildman–Crippen MR) is 72.1 cm³/mol. The van der Waals surface area contributed by atoms with Crippen LogP contribution in [0, 0.1) is 0 Å². The van der Waals surface area contributed by atoms with Gasteiger partial charge in [-0.25, -0.2) is 0 Å². The van der Waals surface area contributed by atoms with Crippen molar-refractivity contribution >= 4 is 21.8 Å². The molecule has 0 saturated carbocycles. The third kappa shape index (κ3) is 4.34. The number of benzene rings is 1. The lowest BCUT2D eigenvalue weighted by Gasteiger charge is -2.31. The molecule has 0 N–H and O–H groups in total. The molecular formula is C13H13BrF3NO3. The van der Waals surface area contributed by atoms with E-state index in [2.05, 4.69) is 20.7 Å². The number of halogens is 4. The van der Waals surface area contributed by atoms with Gasteiger partial charge in [-0.1, -0.05) is 0 Å². The van der Waals surface area contributed by atoms with E-state index >= 15 is 0 Å². The van der Waals surface area contributed by atoms with Crippen LogP contribution in [0.2, 0.25) is 0 Å². The zero-order chi connectivity index (χ0) is 15.6. The Morgan fingerprint density at radius 1 is 1.48 bits per heavy atom. The largest absolute Gasteiger partial charge is 0.573 e. The molecule has 0 aliphatic carbocycles. The number of nitrogens with zero attached hydrogens (tertiary/aromatic N) is 1. The van der Waals surface area contributed by atoms with Gasteiger partial charge >= 0.3 is 6.36 Å². The Balaban J connectivity index is 2.21.